The van der Waals surface area contributed by atoms with Crippen LogP contribution in [-0.2, 0) is 0 Å². The third-order valence-electron chi connectivity index (χ3n) is 3.22. The monoisotopic (exact) mass is 280 g/mol. The third kappa shape index (κ3) is 4.31. The molecule has 0 heterocycles. The SMILES string of the molecule is Cc1c(C(=O)NCCCC(C)CO)cccc1[N+](=O)[O-]. The van der Waals surface area contributed by atoms with Crippen molar-refractivity contribution in [3.05, 3.63) is 39.4 Å². The fraction of sp³-hybridized carbons (Fsp3) is 0.500. The average molecular weight is 280 g/mol. The first-order chi connectivity index (χ1) is 9.47. The fourth-order valence-corrected chi connectivity index (χ4v) is 1.91. The summed E-state index contributed by atoms with van der Waals surface area (Å²) in [6.45, 7) is 4.14. The van der Waals surface area contributed by atoms with Gasteiger partial charge in [-0.3, -0.25) is 14.9 Å². The Balaban J connectivity index is 2.60. The quantitative estimate of drug-likeness (QED) is 0.454. The number of amides is 1. The Morgan fingerprint density at radius 1 is 1.50 bits per heavy atom. The zero-order valence-electron chi connectivity index (χ0n) is 11.8. The smallest absolute Gasteiger partial charge is 0.273 e. The molecule has 0 aliphatic rings. The van der Waals surface area contributed by atoms with Crippen LogP contribution in [0, 0.1) is 23.0 Å². The van der Waals surface area contributed by atoms with Gasteiger partial charge in [0.15, 0.2) is 0 Å². The van der Waals surface area contributed by atoms with Gasteiger partial charge in [0.05, 0.1) is 4.92 Å². The van der Waals surface area contributed by atoms with Crippen molar-refractivity contribution in [2.45, 2.75) is 26.7 Å². The van der Waals surface area contributed by atoms with Crippen molar-refractivity contribution < 1.29 is 14.8 Å². The molecule has 0 aliphatic carbocycles. The average Bonchev–Trinajstić information content (AvgIpc) is 2.42. The van der Waals surface area contributed by atoms with Gasteiger partial charge in [0.25, 0.3) is 11.6 Å². The predicted molar refractivity (Wildman–Crippen MR) is 75.7 cm³/mol. The van der Waals surface area contributed by atoms with Crippen LogP contribution < -0.4 is 5.32 Å². The Labute approximate surface area is 118 Å². The van der Waals surface area contributed by atoms with Gasteiger partial charge in [0, 0.05) is 30.3 Å². The van der Waals surface area contributed by atoms with Gasteiger partial charge in [-0.05, 0) is 31.7 Å². The lowest BCUT2D eigenvalue weighted by Gasteiger charge is -2.09. The molecule has 0 fully saturated rings. The van der Waals surface area contributed by atoms with Crippen LogP contribution in [0.25, 0.3) is 0 Å². The fourth-order valence-electron chi connectivity index (χ4n) is 1.91. The van der Waals surface area contributed by atoms with E-state index in [1.165, 1.54) is 12.1 Å². The van der Waals surface area contributed by atoms with Crippen molar-refractivity contribution in [1.82, 2.24) is 5.32 Å². The van der Waals surface area contributed by atoms with E-state index in [1.54, 1.807) is 13.0 Å². The van der Waals surface area contributed by atoms with Crippen molar-refractivity contribution in [2.75, 3.05) is 13.2 Å². The summed E-state index contributed by atoms with van der Waals surface area (Å²) in [7, 11) is 0. The lowest BCUT2D eigenvalue weighted by molar-refractivity contribution is -0.385. The number of hydrogen-bond donors (Lipinski definition) is 2. The number of carbonyl (C=O) groups excluding carboxylic acids is 1. The second-order valence-electron chi connectivity index (χ2n) is 4.89. The highest BCUT2D eigenvalue weighted by Gasteiger charge is 2.17. The van der Waals surface area contributed by atoms with Gasteiger partial charge in [-0.1, -0.05) is 13.0 Å². The van der Waals surface area contributed by atoms with Crippen molar-refractivity contribution >= 4 is 11.6 Å². The number of aliphatic hydroxyl groups is 1. The van der Waals surface area contributed by atoms with Gasteiger partial charge in [0.2, 0.25) is 0 Å². The Kier molecular flexibility index (Phi) is 6.11. The molecular formula is C14H20N2O4. The highest BCUT2D eigenvalue weighted by atomic mass is 16.6. The molecule has 6 heteroatoms. The molecule has 0 spiro atoms. The van der Waals surface area contributed by atoms with Crippen LogP contribution in [-0.4, -0.2) is 29.1 Å². The van der Waals surface area contributed by atoms with E-state index in [0.29, 0.717) is 17.7 Å². The van der Waals surface area contributed by atoms with E-state index in [0.717, 1.165) is 12.8 Å². The maximum Gasteiger partial charge on any atom is 0.273 e. The molecule has 0 saturated heterocycles. The minimum atomic E-state index is -0.491. The molecule has 1 unspecified atom stereocenters. The highest BCUT2D eigenvalue weighted by molar-refractivity contribution is 5.96. The third-order valence-corrected chi connectivity index (χ3v) is 3.22. The zero-order valence-corrected chi connectivity index (χ0v) is 11.8. The molecule has 20 heavy (non-hydrogen) atoms. The summed E-state index contributed by atoms with van der Waals surface area (Å²) in [6.07, 6.45) is 1.59. The number of hydrogen-bond acceptors (Lipinski definition) is 4. The Hall–Kier alpha value is -1.95. The van der Waals surface area contributed by atoms with Crippen molar-refractivity contribution in [3.8, 4) is 0 Å². The van der Waals surface area contributed by atoms with E-state index in [-0.39, 0.29) is 24.1 Å². The first-order valence-electron chi connectivity index (χ1n) is 6.60. The molecule has 6 nitrogen and oxygen atoms in total. The van der Waals surface area contributed by atoms with E-state index in [4.69, 9.17) is 5.11 Å². The van der Waals surface area contributed by atoms with Gasteiger partial charge in [0.1, 0.15) is 0 Å². The van der Waals surface area contributed by atoms with Crippen molar-refractivity contribution in [2.24, 2.45) is 5.92 Å². The van der Waals surface area contributed by atoms with Crippen LogP contribution in [0.3, 0.4) is 0 Å². The summed E-state index contributed by atoms with van der Waals surface area (Å²) in [6, 6.07) is 4.47. The highest BCUT2D eigenvalue weighted by Crippen LogP contribution is 2.20. The van der Waals surface area contributed by atoms with Crippen LogP contribution in [0.2, 0.25) is 0 Å². The largest absolute Gasteiger partial charge is 0.396 e. The van der Waals surface area contributed by atoms with Gasteiger partial charge < -0.3 is 10.4 Å². The molecule has 0 aliphatic heterocycles. The van der Waals surface area contributed by atoms with Gasteiger partial charge >= 0.3 is 0 Å². The Bertz CT molecular complexity index is 488. The maximum atomic E-state index is 12.0. The van der Waals surface area contributed by atoms with Crippen molar-refractivity contribution in [1.29, 1.82) is 0 Å². The molecule has 0 aromatic heterocycles. The number of rotatable bonds is 7. The van der Waals surface area contributed by atoms with E-state index < -0.39 is 4.92 Å². The summed E-state index contributed by atoms with van der Waals surface area (Å²) < 4.78 is 0. The number of benzene rings is 1. The molecule has 1 atom stereocenters. The van der Waals surface area contributed by atoms with E-state index in [9.17, 15) is 14.9 Å². The minimum Gasteiger partial charge on any atom is -0.396 e. The number of carbonyl (C=O) groups is 1. The molecule has 2 N–H and O–H groups in total. The standard InChI is InChI=1S/C14H20N2O4/c1-10(9-17)5-4-8-15-14(18)12-6-3-7-13(11(12)2)16(19)20/h3,6-7,10,17H,4-5,8-9H2,1-2H3,(H,15,18). The summed E-state index contributed by atoms with van der Waals surface area (Å²) in [5, 5.41) is 22.4. The second-order valence-corrected chi connectivity index (χ2v) is 4.89. The summed E-state index contributed by atoms with van der Waals surface area (Å²) in [4.78, 5) is 22.3. The number of nitrogens with zero attached hydrogens (tertiary/aromatic N) is 1. The Morgan fingerprint density at radius 2 is 2.20 bits per heavy atom. The second kappa shape index (κ2) is 7.59. The number of aliphatic hydroxyl groups excluding tert-OH is 1. The predicted octanol–water partition coefficient (Wildman–Crippen LogP) is 2.04. The van der Waals surface area contributed by atoms with E-state index in [2.05, 4.69) is 5.32 Å². The molecular weight excluding hydrogens is 260 g/mol. The van der Waals surface area contributed by atoms with E-state index in [1.807, 2.05) is 6.92 Å². The molecule has 1 rings (SSSR count). The summed E-state index contributed by atoms with van der Waals surface area (Å²) in [5.74, 6) is -0.0886. The normalized spacial score (nSPS) is 11.9. The van der Waals surface area contributed by atoms with E-state index >= 15 is 0 Å². The van der Waals surface area contributed by atoms with Crippen LogP contribution in [0.4, 0.5) is 5.69 Å². The molecule has 0 radical (unpaired) electrons. The minimum absolute atomic E-state index is 0.0495. The zero-order chi connectivity index (χ0) is 15.1. The maximum absolute atomic E-state index is 12.0. The van der Waals surface area contributed by atoms with Gasteiger partial charge in [-0.25, -0.2) is 0 Å². The van der Waals surface area contributed by atoms with Crippen LogP contribution in [0.5, 0.6) is 0 Å². The molecule has 0 saturated carbocycles. The molecule has 1 amide bonds. The van der Waals surface area contributed by atoms with Crippen molar-refractivity contribution in [3.63, 3.8) is 0 Å². The number of nitro groups is 1. The van der Waals surface area contributed by atoms with Crippen LogP contribution >= 0.6 is 0 Å². The summed E-state index contributed by atoms with van der Waals surface area (Å²) in [5.41, 5.74) is 0.652. The molecule has 0 bridgehead atoms. The molecule has 1 aromatic carbocycles. The lowest BCUT2D eigenvalue weighted by Crippen LogP contribution is -2.25. The van der Waals surface area contributed by atoms with Crippen LogP contribution in [0.15, 0.2) is 18.2 Å². The van der Waals surface area contributed by atoms with Crippen LogP contribution in [0.1, 0.15) is 35.7 Å². The number of nitro benzene ring substituents is 1. The molecule has 110 valence electrons. The first kappa shape index (κ1) is 16.1. The van der Waals surface area contributed by atoms with Gasteiger partial charge in [-0.2, -0.15) is 0 Å². The first-order valence-corrected chi connectivity index (χ1v) is 6.60. The topological polar surface area (TPSA) is 92.5 Å². The van der Waals surface area contributed by atoms with Gasteiger partial charge in [-0.15, -0.1) is 0 Å². The Morgan fingerprint density at radius 3 is 2.80 bits per heavy atom. The summed E-state index contributed by atoms with van der Waals surface area (Å²) >= 11 is 0. The lowest BCUT2D eigenvalue weighted by atomic mass is 10.1. The molecule has 1 aromatic rings. The number of nitrogens with one attached hydrogen (secondary N) is 1.